The van der Waals surface area contributed by atoms with Crippen molar-refractivity contribution in [2.45, 2.75) is 16.7 Å². The van der Waals surface area contributed by atoms with Crippen LogP contribution in [0.25, 0.3) is 0 Å². The lowest BCUT2D eigenvalue weighted by Gasteiger charge is -2.19. The molecular formula is C13H9ClOS. The van der Waals surface area contributed by atoms with E-state index in [4.69, 9.17) is 16.3 Å². The highest BCUT2D eigenvalue weighted by molar-refractivity contribution is 7.99. The molecule has 1 aliphatic rings. The Balaban J connectivity index is 2.10. The third-order valence-electron chi connectivity index (χ3n) is 2.44. The van der Waals surface area contributed by atoms with E-state index < -0.39 is 0 Å². The molecule has 2 aromatic carbocycles. The summed E-state index contributed by atoms with van der Waals surface area (Å²) in [6.07, 6.45) is 0. The number of aryl methyl sites for hydroxylation is 1. The minimum absolute atomic E-state index is 0.704. The third kappa shape index (κ3) is 1.68. The van der Waals surface area contributed by atoms with Crippen LogP contribution in [0, 0.1) is 6.92 Å². The molecular weight excluding hydrogens is 240 g/mol. The second-order valence-corrected chi connectivity index (χ2v) is 5.27. The predicted molar refractivity (Wildman–Crippen MR) is 66.8 cm³/mol. The molecule has 0 aromatic heterocycles. The minimum atomic E-state index is 0.704. The third-order valence-corrected chi connectivity index (χ3v) is 3.79. The highest BCUT2D eigenvalue weighted by Crippen LogP contribution is 2.47. The molecule has 0 fully saturated rings. The first-order valence-corrected chi connectivity index (χ1v) is 6.18. The molecule has 0 saturated heterocycles. The van der Waals surface area contributed by atoms with Gasteiger partial charge >= 0.3 is 0 Å². The van der Waals surface area contributed by atoms with Crippen molar-refractivity contribution in [2.75, 3.05) is 0 Å². The maximum atomic E-state index is 5.95. The van der Waals surface area contributed by atoms with Gasteiger partial charge in [0.25, 0.3) is 0 Å². The van der Waals surface area contributed by atoms with Gasteiger partial charge in [0.2, 0.25) is 0 Å². The lowest BCUT2D eigenvalue weighted by atomic mass is 10.2. The molecule has 0 unspecified atom stereocenters. The molecule has 0 aliphatic carbocycles. The average molecular weight is 249 g/mol. The van der Waals surface area contributed by atoms with E-state index in [2.05, 4.69) is 19.1 Å². The molecule has 2 aromatic rings. The largest absolute Gasteiger partial charge is 0.455 e. The Morgan fingerprint density at radius 2 is 1.69 bits per heavy atom. The van der Waals surface area contributed by atoms with E-state index in [0.29, 0.717) is 5.02 Å². The summed E-state index contributed by atoms with van der Waals surface area (Å²) in [7, 11) is 0. The Labute approximate surface area is 103 Å². The van der Waals surface area contributed by atoms with Gasteiger partial charge in [0.15, 0.2) is 0 Å². The van der Waals surface area contributed by atoms with Crippen molar-refractivity contribution in [2.24, 2.45) is 0 Å². The molecule has 0 N–H and O–H groups in total. The van der Waals surface area contributed by atoms with E-state index in [1.54, 1.807) is 11.8 Å². The summed E-state index contributed by atoms with van der Waals surface area (Å²) in [5, 5.41) is 0.704. The monoisotopic (exact) mass is 248 g/mol. The van der Waals surface area contributed by atoms with Crippen molar-refractivity contribution < 1.29 is 4.74 Å². The normalized spacial score (nSPS) is 12.6. The summed E-state index contributed by atoms with van der Waals surface area (Å²) in [5.74, 6) is 1.76. The Hall–Kier alpha value is -1.12. The van der Waals surface area contributed by atoms with Crippen molar-refractivity contribution in [1.29, 1.82) is 0 Å². The van der Waals surface area contributed by atoms with Crippen LogP contribution in [0.2, 0.25) is 5.02 Å². The van der Waals surface area contributed by atoms with E-state index >= 15 is 0 Å². The Morgan fingerprint density at radius 3 is 2.50 bits per heavy atom. The lowest BCUT2D eigenvalue weighted by Crippen LogP contribution is -1.95. The van der Waals surface area contributed by atoms with E-state index in [1.807, 2.05) is 24.3 Å². The van der Waals surface area contributed by atoms with Crippen LogP contribution in [0.1, 0.15) is 5.56 Å². The van der Waals surface area contributed by atoms with Crippen molar-refractivity contribution in [3.63, 3.8) is 0 Å². The van der Waals surface area contributed by atoms with Gasteiger partial charge in [-0.05, 0) is 36.8 Å². The van der Waals surface area contributed by atoms with E-state index in [0.717, 1.165) is 21.3 Å². The van der Waals surface area contributed by atoms with Crippen LogP contribution >= 0.6 is 23.4 Å². The topological polar surface area (TPSA) is 9.23 Å². The molecule has 80 valence electrons. The van der Waals surface area contributed by atoms with Crippen LogP contribution < -0.4 is 4.74 Å². The molecule has 1 heterocycles. The number of hydrogen-bond donors (Lipinski definition) is 0. The van der Waals surface area contributed by atoms with Crippen LogP contribution in [-0.2, 0) is 0 Å². The van der Waals surface area contributed by atoms with E-state index in [9.17, 15) is 0 Å². The van der Waals surface area contributed by atoms with Crippen molar-refractivity contribution >= 4 is 23.4 Å². The van der Waals surface area contributed by atoms with Gasteiger partial charge < -0.3 is 4.74 Å². The van der Waals surface area contributed by atoms with E-state index in [1.165, 1.54) is 5.56 Å². The van der Waals surface area contributed by atoms with Crippen LogP contribution in [0.4, 0.5) is 0 Å². The number of fused-ring (bicyclic) bond motifs is 2. The molecule has 0 atom stereocenters. The average Bonchev–Trinajstić information content (AvgIpc) is 2.26. The molecule has 16 heavy (non-hydrogen) atoms. The maximum absolute atomic E-state index is 5.95. The quantitative estimate of drug-likeness (QED) is 0.559. The second kappa shape index (κ2) is 3.72. The Morgan fingerprint density at radius 1 is 1.00 bits per heavy atom. The fraction of sp³-hybridized carbons (Fsp3) is 0.0769. The summed E-state index contributed by atoms with van der Waals surface area (Å²) in [4.78, 5) is 2.26. The predicted octanol–water partition coefficient (Wildman–Crippen LogP) is 4.91. The zero-order valence-electron chi connectivity index (χ0n) is 8.66. The van der Waals surface area contributed by atoms with E-state index in [-0.39, 0.29) is 0 Å². The summed E-state index contributed by atoms with van der Waals surface area (Å²) < 4.78 is 5.83. The first-order valence-electron chi connectivity index (χ1n) is 4.98. The number of rotatable bonds is 0. The van der Waals surface area contributed by atoms with Gasteiger partial charge in [0.05, 0.1) is 9.79 Å². The maximum Gasteiger partial charge on any atom is 0.142 e. The van der Waals surface area contributed by atoms with Gasteiger partial charge in [-0.15, -0.1) is 0 Å². The van der Waals surface area contributed by atoms with Crippen molar-refractivity contribution in [1.82, 2.24) is 0 Å². The standard InChI is InChI=1S/C13H9ClOS/c1-8-2-4-12-10(6-8)15-11-7-9(14)3-5-13(11)16-12/h2-7H,1H3. The summed E-state index contributed by atoms with van der Waals surface area (Å²) >= 11 is 7.66. The highest BCUT2D eigenvalue weighted by Gasteiger charge is 2.17. The lowest BCUT2D eigenvalue weighted by molar-refractivity contribution is 0.454. The molecule has 3 rings (SSSR count). The fourth-order valence-corrected chi connectivity index (χ4v) is 2.74. The molecule has 0 saturated carbocycles. The summed E-state index contributed by atoms with van der Waals surface area (Å²) in [6.45, 7) is 2.06. The number of hydrogen-bond acceptors (Lipinski definition) is 2. The zero-order valence-corrected chi connectivity index (χ0v) is 10.2. The second-order valence-electron chi connectivity index (χ2n) is 3.75. The van der Waals surface area contributed by atoms with Crippen LogP contribution in [-0.4, -0.2) is 0 Å². The van der Waals surface area contributed by atoms with Gasteiger partial charge in [-0.25, -0.2) is 0 Å². The molecule has 0 radical (unpaired) electrons. The van der Waals surface area contributed by atoms with Gasteiger partial charge in [0.1, 0.15) is 11.5 Å². The molecule has 0 spiro atoms. The molecule has 1 aliphatic heterocycles. The van der Waals surface area contributed by atoms with Gasteiger partial charge in [0, 0.05) is 11.1 Å². The number of ether oxygens (including phenoxy) is 1. The molecule has 3 heteroatoms. The highest BCUT2D eigenvalue weighted by atomic mass is 35.5. The molecule has 0 bridgehead atoms. The zero-order chi connectivity index (χ0) is 11.1. The van der Waals surface area contributed by atoms with Crippen LogP contribution in [0.5, 0.6) is 11.5 Å². The SMILES string of the molecule is Cc1ccc2c(c1)Oc1cc(Cl)ccc1S2. The summed E-state index contributed by atoms with van der Waals surface area (Å²) in [6, 6.07) is 12.0. The minimum Gasteiger partial charge on any atom is -0.455 e. The van der Waals surface area contributed by atoms with Gasteiger partial charge in [-0.2, -0.15) is 0 Å². The fourth-order valence-electron chi connectivity index (χ4n) is 1.66. The van der Waals surface area contributed by atoms with Crippen LogP contribution in [0.15, 0.2) is 46.2 Å². The Bertz CT molecular complexity index is 516. The number of halogens is 1. The molecule has 1 nitrogen and oxygen atoms in total. The first kappa shape index (κ1) is 10.1. The smallest absolute Gasteiger partial charge is 0.142 e. The van der Waals surface area contributed by atoms with Crippen molar-refractivity contribution in [3.8, 4) is 11.5 Å². The first-order chi connectivity index (χ1) is 7.72. The van der Waals surface area contributed by atoms with Crippen LogP contribution in [0.3, 0.4) is 0 Å². The number of benzene rings is 2. The molecule has 0 amide bonds. The van der Waals surface area contributed by atoms with Gasteiger partial charge in [-0.3, -0.25) is 0 Å². The van der Waals surface area contributed by atoms with Crippen molar-refractivity contribution in [3.05, 3.63) is 47.0 Å². The van der Waals surface area contributed by atoms with Gasteiger partial charge in [-0.1, -0.05) is 29.4 Å². The summed E-state index contributed by atoms with van der Waals surface area (Å²) in [5.41, 5.74) is 1.20. The Kier molecular flexibility index (Phi) is 2.34.